The first kappa shape index (κ1) is 10.4. The van der Waals surface area contributed by atoms with Crippen LogP contribution in [-0.4, -0.2) is 5.75 Å². The molecule has 0 saturated heterocycles. The molecule has 1 heterocycles. The third-order valence-corrected chi connectivity index (χ3v) is 2.88. The standard InChI is InChI=1S/C7H8.C5H8S/c1-7-5-3-2-4-6-7;1-5-3-2-4-6-5/h2-6H,1H3;3H,2,4H2,1H3. The predicted octanol–water partition coefficient (Wildman–Crippen LogP) is 4.02. The van der Waals surface area contributed by atoms with Crippen LogP contribution in [0.15, 0.2) is 41.3 Å². The van der Waals surface area contributed by atoms with Crippen molar-refractivity contribution >= 4 is 11.8 Å². The van der Waals surface area contributed by atoms with Crippen LogP contribution >= 0.6 is 11.8 Å². The summed E-state index contributed by atoms with van der Waals surface area (Å²) in [6, 6.07) is 10.3. The maximum atomic E-state index is 2.28. The summed E-state index contributed by atoms with van der Waals surface area (Å²) >= 11 is 1.96. The Hall–Kier alpha value is -0.690. The van der Waals surface area contributed by atoms with E-state index >= 15 is 0 Å². The summed E-state index contributed by atoms with van der Waals surface area (Å²) in [5.74, 6) is 1.31. The smallest absolute Gasteiger partial charge is 0.00116 e. The molecular weight excluding hydrogens is 176 g/mol. The molecule has 13 heavy (non-hydrogen) atoms. The van der Waals surface area contributed by atoms with Crippen LogP contribution in [0.4, 0.5) is 0 Å². The highest BCUT2D eigenvalue weighted by Crippen LogP contribution is 2.22. The van der Waals surface area contributed by atoms with Gasteiger partial charge >= 0.3 is 0 Å². The Kier molecular flexibility index (Phi) is 4.69. The van der Waals surface area contributed by atoms with E-state index in [1.807, 2.05) is 30.0 Å². The second kappa shape index (κ2) is 5.87. The first-order chi connectivity index (χ1) is 6.29. The van der Waals surface area contributed by atoms with Crippen molar-refractivity contribution in [2.75, 3.05) is 5.75 Å². The van der Waals surface area contributed by atoms with Gasteiger partial charge in [0.25, 0.3) is 0 Å². The van der Waals surface area contributed by atoms with Crippen molar-refractivity contribution in [3.8, 4) is 0 Å². The van der Waals surface area contributed by atoms with Gasteiger partial charge in [-0.15, -0.1) is 11.8 Å². The summed E-state index contributed by atoms with van der Waals surface area (Å²) in [4.78, 5) is 1.50. The number of allylic oxidation sites excluding steroid dienone is 2. The minimum atomic E-state index is 1.29. The number of aryl methyl sites for hydroxylation is 1. The summed E-state index contributed by atoms with van der Waals surface area (Å²) < 4.78 is 0. The van der Waals surface area contributed by atoms with Crippen molar-refractivity contribution in [3.05, 3.63) is 46.9 Å². The lowest BCUT2D eigenvalue weighted by Crippen LogP contribution is -1.62. The van der Waals surface area contributed by atoms with Gasteiger partial charge in [0.1, 0.15) is 0 Å². The molecule has 0 saturated carbocycles. The van der Waals surface area contributed by atoms with Gasteiger partial charge in [-0.25, -0.2) is 0 Å². The average Bonchev–Trinajstić information content (AvgIpc) is 2.58. The number of hydrogen-bond donors (Lipinski definition) is 0. The molecule has 2 rings (SSSR count). The molecule has 0 spiro atoms. The Morgan fingerprint density at radius 2 is 1.77 bits per heavy atom. The Morgan fingerprint density at radius 3 is 2.00 bits per heavy atom. The molecule has 0 atom stereocenters. The Balaban J connectivity index is 0.000000132. The normalized spacial score (nSPS) is 14.5. The molecule has 0 N–H and O–H groups in total. The Labute approximate surface area is 85.1 Å². The van der Waals surface area contributed by atoms with Crippen molar-refractivity contribution < 1.29 is 0 Å². The molecule has 0 unspecified atom stereocenters. The highest BCUT2D eigenvalue weighted by atomic mass is 32.2. The van der Waals surface area contributed by atoms with E-state index in [1.54, 1.807) is 0 Å². The monoisotopic (exact) mass is 192 g/mol. The lowest BCUT2D eigenvalue weighted by atomic mass is 10.2. The maximum absolute atomic E-state index is 2.28. The second-order valence-electron chi connectivity index (χ2n) is 3.11. The SMILES string of the molecule is CC1=CCCS1.Cc1ccccc1. The van der Waals surface area contributed by atoms with Crippen molar-refractivity contribution in [2.45, 2.75) is 20.3 Å². The van der Waals surface area contributed by atoms with Gasteiger partial charge in [0.2, 0.25) is 0 Å². The van der Waals surface area contributed by atoms with E-state index in [0.717, 1.165) is 0 Å². The lowest BCUT2D eigenvalue weighted by molar-refractivity contribution is 1.27. The van der Waals surface area contributed by atoms with E-state index in [2.05, 4.69) is 32.1 Å². The molecule has 1 heteroatoms. The van der Waals surface area contributed by atoms with Crippen LogP contribution in [0.3, 0.4) is 0 Å². The fourth-order valence-corrected chi connectivity index (χ4v) is 1.87. The summed E-state index contributed by atoms with van der Waals surface area (Å²) in [6.45, 7) is 4.25. The van der Waals surface area contributed by atoms with E-state index in [1.165, 1.54) is 22.6 Å². The van der Waals surface area contributed by atoms with Crippen LogP contribution in [-0.2, 0) is 0 Å². The van der Waals surface area contributed by atoms with Gasteiger partial charge in [-0.2, -0.15) is 0 Å². The fourth-order valence-electron chi connectivity index (χ4n) is 1.08. The highest BCUT2D eigenvalue weighted by Gasteiger charge is 1.95. The van der Waals surface area contributed by atoms with E-state index in [4.69, 9.17) is 0 Å². The van der Waals surface area contributed by atoms with Gasteiger partial charge in [0.15, 0.2) is 0 Å². The van der Waals surface area contributed by atoms with Gasteiger partial charge in [-0.1, -0.05) is 42.0 Å². The Bertz CT molecular complexity index is 262. The quantitative estimate of drug-likeness (QED) is 0.598. The van der Waals surface area contributed by atoms with E-state index < -0.39 is 0 Å². The molecule has 0 aliphatic carbocycles. The molecule has 1 aliphatic rings. The number of thioether (sulfide) groups is 1. The summed E-state index contributed by atoms with van der Waals surface area (Å²) in [5.41, 5.74) is 1.32. The van der Waals surface area contributed by atoms with E-state index in [9.17, 15) is 0 Å². The maximum Gasteiger partial charge on any atom is 0.00116 e. The Morgan fingerprint density at radius 1 is 1.08 bits per heavy atom. The minimum Gasteiger partial charge on any atom is -0.131 e. The van der Waals surface area contributed by atoms with Gasteiger partial charge in [-0.05, 0) is 25.2 Å². The largest absolute Gasteiger partial charge is 0.131 e. The second-order valence-corrected chi connectivity index (χ2v) is 4.45. The fraction of sp³-hybridized carbons (Fsp3) is 0.333. The van der Waals surface area contributed by atoms with Crippen molar-refractivity contribution in [2.24, 2.45) is 0 Å². The van der Waals surface area contributed by atoms with Crippen molar-refractivity contribution in [1.29, 1.82) is 0 Å². The molecule has 0 radical (unpaired) electrons. The van der Waals surface area contributed by atoms with Gasteiger partial charge < -0.3 is 0 Å². The van der Waals surface area contributed by atoms with Crippen LogP contribution in [0.1, 0.15) is 18.9 Å². The first-order valence-corrected chi connectivity index (χ1v) is 5.59. The molecule has 70 valence electrons. The molecular formula is C12H16S. The average molecular weight is 192 g/mol. The van der Waals surface area contributed by atoms with Crippen LogP contribution in [0, 0.1) is 6.92 Å². The third kappa shape index (κ3) is 4.79. The van der Waals surface area contributed by atoms with Crippen LogP contribution in [0.25, 0.3) is 0 Å². The summed E-state index contributed by atoms with van der Waals surface area (Å²) in [5, 5.41) is 0. The van der Waals surface area contributed by atoms with Gasteiger partial charge in [-0.3, -0.25) is 0 Å². The van der Waals surface area contributed by atoms with Crippen molar-refractivity contribution in [3.63, 3.8) is 0 Å². The van der Waals surface area contributed by atoms with E-state index in [-0.39, 0.29) is 0 Å². The van der Waals surface area contributed by atoms with Crippen LogP contribution in [0.5, 0.6) is 0 Å². The summed E-state index contributed by atoms with van der Waals surface area (Å²) in [7, 11) is 0. The molecule has 0 aromatic heterocycles. The molecule has 1 aromatic carbocycles. The lowest BCUT2D eigenvalue weighted by Gasteiger charge is -1.82. The molecule has 0 amide bonds. The van der Waals surface area contributed by atoms with Gasteiger partial charge in [0, 0.05) is 5.75 Å². The van der Waals surface area contributed by atoms with Crippen LogP contribution in [0.2, 0.25) is 0 Å². The molecule has 0 fully saturated rings. The first-order valence-electron chi connectivity index (χ1n) is 4.60. The van der Waals surface area contributed by atoms with E-state index in [0.29, 0.717) is 0 Å². The van der Waals surface area contributed by atoms with Crippen LogP contribution < -0.4 is 0 Å². The topological polar surface area (TPSA) is 0 Å². The molecule has 0 bridgehead atoms. The third-order valence-electron chi connectivity index (χ3n) is 1.82. The highest BCUT2D eigenvalue weighted by molar-refractivity contribution is 8.03. The molecule has 1 aromatic rings. The number of rotatable bonds is 0. The van der Waals surface area contributed by atoms with Gasteiger partial charge in [0.05, 0.1) is 0 Å². The number of benzene rings is 1. The summed E-state index contributed by atoms with van der Waals surface area (Å²) in [6.07, 6.45) is 3.57. The zero-order valence-electron chi connectivity index (χ0n) is 8.29. The number of hydrogen-bond acceptors (Lipinski definition) is 1. The zero-order chi connectivity index (χ0) is 9.52. The zero-order valence-corrected chi connectivity index (χ0v) is 9.10. The molecule has 0 nitrogen and oxygen atoms in total. The minimum absolute atomic E-state index is 1.29. The predicted molar refractivity (Wildman–Crippen MR) is 62.0 cm³/mol. The molecule has 1 aliphatic heterocycles. The van der Waals surface area contributed by atoms with Crippen molar-refractivity contribution in [1.82, 2.24) is 0 Å².